The number of nitrogens with one attached hydrogen (secondary N) is 1. The van der Waals surface area contributed by atoms with Gasteiger partial charge in [-0.2, -0.15) is 0 Å². The fraction of sp³-hybridized carbons (Fsp3) is 0.188. The van der Waals surface area contributed by atoms with Gasteiger partial charge in [-0.1, -0.05) is 12.1 Å². The van der Waals surface area contributed by atoms with Gasteiger partial charge in [0.25, 0.3) is 0 Å². The number of carboxylic acid groups (broad SMARTS) is 1. The Morgan fingerprint density at radius 1 is 1.30 bits per heavy atom. The third-order valence-corrected chi connectivity index (χ3v) is 4.38. The topological polar surface area (TPSA) is 84.3 Å². The molecule has 0 aliphatic heterocycles. The van der Waals surface area contributed by atoms with E-state index in [-0.39, 0.29) is 0 Å². The first-order chi connectivity index (χ1) is 11.1. The van der Waals surface area contributed by atoms with E-state index < -0.39 is 12.0 Å². The molecule has 1 atom stereocenters. The van der Waals surface area contributed by atoms with Crippen molar-refractivity contribution in [2.45, 2.75) is 13.0 Å². The molecule has 0 saturated heterocycles. The number of anilines is 1. The first kappa shape index (κ1) is 15.2. The minimum Gasteiger partial charge on any atom is -0.497 e. The van der Waals surface area contributed by atoms with Crippen LogP contribution in [0.2, 0.25) is 0 Å². The summed E-state index contributed by atoms with van der Waals surface area (Å²) in [5, 5.41) is 14.9. The summed E-state index contributed by atoms with van der Waals surface area (Å²) in [4.78, 5) is 20.4. The van der Waals surface area contributed by atoms with Crippen LogP contribution in [-0.2, 0) is 4.79 Å². The monoisotopic (exact) mass is 329 g/mol. The lowest BCUT2D eigenvalue weighted by atomic mass is 10.1. The highest BCUT2D eigenvalue weighted by Crippen LogP contribution is 2.37. The summed E-state index contributed by atoms with van der Waals surface area (Å²) in [7, 11) is 1.62. The van der Waals surface area contributed by atoms with Crippen molar-refractivity contribution in [2.75, 3.05) is 12.4 Å². The quantitative estimate of drug-likeness (QED) is 0.747. The fourth-order valence-corrected chi connectivity index (χ4v) is 3.15. The highest BCUT2D eigenvalue weighted by Gasteiger charge is 2.17. The summed E-state index contributed by atoms with van der Waals surface area (Å²) in [5.41, 5.74) is 1.96. The Bertz CT molecular complexity index is 845. The predicted octanol–water partition coefficient (Wildman–Crippen LogP) is 3.25. The number of thiophene rings is 1. The Labute approximate surface area is 136 Å². The highest BCUT2D eigenvalue weighted by atomic mass is 32.1. The number of fused-ring (bicyclic) bond motifs is 1. The molecule has 6 nitrogen and oxygen atoms in total. The van der Waals surface area contributed by atoms with Crippen molar-refractivity contribution in [1.82, 2.24) is 9.97 Å². The van der Waals surface area contributed by atoms with E-state index in [1.54, 1.807) is 14.0 Å². The van der Waals surface area contributed by atoms with Crippen molar-refractivity contribution < 1.29 is 14.6 Å². The van der Waals surface area contributed by atoms with Crippen LogP contribution in [0, 0.1) is 0 Å². The highest BCUT2D eigenvalue weighted by molar-refractivity contribution is 7.17. The molecule has 0 aliphatic carbocycles. The summed E-state index contributed by atoms with van der Waals surface area (Å²) < 4.78 is 5.18. The molecule has 118 valence electrons. The van der Waals surface area contributed by atoms with Crippen LogP contribution >= 0.6 is 11.3 Å². The van der Waals surface area contributed by atoms with Gasteiger partial charge >= 0.3 is 5.97 Å². The van der Waals surface area contributed by atoms with Crippen molar-refractivity contribution in [3.05, 3.63) is 36.0 Å². The van der Waals surface area contributed by atoms with E-state index in [1.165, 1.54) is 17.7 Å². The number of methoxy groups -OCH3 is 1. The fourth-order valence-electron chi connectivity index (χ4n) is 2.23. The number of benzene rings is 1. The lowest BCUT2D eigenvalue weighted by molar-refractivity contribution is -0.137. The largest absolute Gasteiger partial charge is 0.497 e. The van der Waals surface area contributed by atoms with Gasteiger partial charge in [0.2, 0.25) is 0 Å². The molecule has 2 aromatic heterocycles. The van der Waals surface area contributed by atoms with Gasteiger partial charge in [0.05, 0.1) is 12.5 Å². The van der Waals surface area contributed by atoms with Crippen LogP contribution in [0.25, 0.3) is 21.3 Å². The molecule has 1 aromatic carbocycles. The standard InChI is InChI=1S/C16H15N3O3S/c1-9(16(20)21)19-14-13-12(7-23-15(13)18-8-17-14)10-3-5-11(22-2)6-4-10/h3-9H,1-2H3,(H,20,21)(H,17,18,19). The van der Waals surface area contributed by atoms with Crippen molar-refractivity contribution in [2.24, 2.45) is 0 Å². The maximum Gasteiger partial charge on any atom is 0.325 e. The van der Waals surface area contributed by atoms with Crippen LogP contribution in [0.3, 0.4) is 0 Å². The van der Waals surface area contributed by atoms with Crippen LogP contribution in [0.5, 0.6) is 5.75 Å². The molecule has 0 amide bonds. The van der Waals surface area contributed by atoms with Crippen molar-refractivity contribution in [3.63, 3.8) is 0 Å². The van der Waals surface area contributed by atoms with Gasteiger partial charge in [-0.3, -0.25) is 4.79 Å². The third kappa shape index (κ3) is 2.95. The van der Waals surface area contributed by atoms with Gasteiger partial charge in [-0.15, -0.1) is 11.3 Å². The van der Waals surface area contributed by atoms with Crippen molar-refractivity contribution in [1.29, 1.82) is 0 Å². The average Bonchev–Trinajstić information content (AvgIpc) is 3.00. The average molecular weight is 329 g/mol. The van der Waals surface area contributed by atoms with Crippen LogP contribution in [0.4, 0.5) is 5.82 Å². The second-order valence-corrected chi connectivity index (χ2v) is 5.84. The Hall–Kier alpha value is -2.67. The Balaban J connectivity index is 2.08. The summed E-state index contributed by atoms with van der Waals surface area (Å²) >= 11 is 1.50. The van der Waals surface area contributed by atoms with E-state index in [1.807, 2.05) is 29.6 Å². The third-order valence-electron chi connectivity index (χ3n) is 3.49. The van der Waals surface area contributed by atoms with Gasteiger partial charge in [0.15, 0.2) is 0 Å². The zero-order valence-electron chi connectivity index (χ0n) is 12.6. The summed E-state index contributed by atoms with van der Waals surface area (Å²) in [6.45, 7) is 1.58. The smallest absolute Gasteiger partial charge is 0.325 e. The van der Waals surface area contributed by atoms with E-state index in [0.29, 0.717) is 5.82 Å². The second-order valence-electron chi connectivity index (χ2n) is 4.98. The van der Waals surface area contributed by atoms with Crippen LogP contribution in [0.15, 0.2) is 36.0 Å². The van der Waals surface area contributed by atoms with Crippen molar-refractivity contribution >= 4 is 33.3 Å². The van der Waals surface area contributed by atoms with Crippen LogP contribution < -0.4 is 10.1 Å². The van der Waals surface area contributed by atoms with E-state index in [4.69, 9.17) is 9.84 Å². The van der Waals surface area contributed by atoms with Gasteiger partial charge in [0.1, 0.15) is 28.8 Å². The number of nitrogens with zero attached hydrogens (tertiary/aromatic N) is 2. The molecule has 0 radical (unpaired) electrons. The normalized spacial score (nSPS) is 12.1. The molecule has 2 N–H and O–H groups in total. The molecule has 2 heterocycles. The lowest BCUT2D eigenvalue weighted by Crippen LogP contribution is -2.26. The lowest BCUT2D eigenvalue weighted by Gasteiger charge is -2.11. The predicted molar refractivity (Wildman–Crippen MR) is 90.1 cm³/mol. The second kappa shape index (κ2) is 6.21. The minimum atomic E-state index is -0.932. The number of rotatable bonds is 5. The van der Waals surface area contributed by atoms with Gasteiger partial charge in [-0.05, 0) is 24.6 Å². The summed E-state index contributed by atoms with van der Waals surface area (Å²) in [5.74, 6) is 0.373. The summed E-state index contributed by atoms with van der Waals surface area (Å²) in [6.07, 6.45) is 1.44. The zero-order chi connectivity index (χ0) is 16.4. The van der Waals surface area contributed by atoms with Gasteiger partial charge < -0.3 is 15.2 Å². The first-order valence-corrected chi connectivity index (χ1v) is 7.84. The SMILES string of the molecule is COc1ccc(-c2csc3ncnc(NC(C)C(=O)O)c23)cc1. The molecule has 0 aliphatic rings. The molecule has 0 fully saturated rings. The van der Waals surface area contributed by atoms with Crippen molar-refractivity contribution in [3.8, 4) is 16.9 Å². The van der Waals surface area contributed by atoms with Crippen LogP contribution in [-0.4, -0.2) is 34.2 Å². The number of ether oxygens (including phenoxy) is 1. The molecule has 7 heteroatoms. The van der Waals surface area contributed by atoms with Gasteiger partial charge in [-0.25, -0.2) is 9.97 Å². The molecule has 0 bridgehead atoms. The zero-order valence-corrected chi connectivity index (χ0v) is 13.4. The number of carbonyl (C=O) groups is 1. The summed E-state index contributed by atoms with van der Waals surface area (Å²) in [6, 6.07) is 6.94. The molecular weight excluding hydrogens is 314 g/mol. The Kier molecular flexibility index (Phi) is 4.12. The Morgan fingerprint density at radius 3 is 2.70 bits per heavy atom. The molecule has 23 heavy (non-hydrogen) atoms. The number of hydrogen-bond acceptors (Lipinski definition) is 6. The van der Waals surface area contributed by atoms with Crippen LogP contribution in [0.1, 0.15) is 6.92 Å². The number of carboxylic acids is 1. The van der Waals surface area contributed by atoms with E-state index >= 15 is 0 Å². The minimum absolute atomic E-state index is 0.525. The maximum absolute atomic E-state index is 11.1. The number of aromatic nitrogens is 2. The molecule has 0 saturated carbocycles. The number of aliphatic carboxylic acids is 1. The molecule has 0 spiro atoms. The Morgan fingerprint density at radius 2 is 2.04 bits per heavy atom. The molecule has 3 rings (SSSR count). The molecule has 1 unspecified atom stereocenters. The number of hydrogen-bond donors (Lipinski definition) is 2. The molecular formula is C16H15N3O3S. The molecule has 3 aromatic rings. The van der Waals surface area contributed by atoms with E-state index in [0.717, 1.165) is 27.1 Å². The maximum atomic E-state index is 11.1. The first-order valence-electron chi connectivity index (χ1n) is 6.96. The van der Waals surface area contributed by atoms with E-state index in [2.05, 4.69) is 15.3 Å². The van der Waals surface area contributed by atoms with Gasteiger partial charge in [0, 0.05) is 10.9 Å². The van der Waals surface area contributed by atoms with E-state index in [9.17, 15) is 4.79 Å².